The highest BCUT2D eigenvalue weighted by atomic mass is 19.4. The summed E-state index contributed by atoms with van der Waals surface area (Å²) in [6, 6.07) is -0.749. The Morgan fingerprint density at radius 2 is 1.94 bits per heavy atom. The first-order valence-corrected chi connectivity index (χ1v) is 5.33. The van der Waals surface area contributed by atoms with Crippen molar-refractivity contribution in [3.8, 4) is 0 Å². The normalized spacial score (nSPS) is 21.9. The van der Waals surface area contributed by atoms with Crippen molar-refractivity contribution < 1.29 is 27.6 Å². The maximum atomic E-state index is 12.0. The molecule has 1 heterocycles. The minimum atomic E-state index is -5.03. The van der Waals surface area contributed by atoms with Crippen molar-refractivity contribution in [1.82, 2.24) is 5.06 Å². The highest BCUT2D eigenvalue weighted by Gasteiger charge is 2.45. The van der Waals surface area contributed by atoms with Crippen LogP contribution in [0.1, 0.15) is 26.7 Å². The fourth-order valence-electron chi connectivity index (χ4n) is 1.68. The lowest BCUT2D eigenvalue weighted by molar-refractivity contribution is -0.240. The second kappa shape index (κ2) is 5.03. The molecule has 0 bridgehead atoms. The molecular formula is C10H14F3NO3. The van der Waals surface area contributed by atoms with Gasteiger partial charge in [0.05, 0.1) is 0 Å². The smallest absolute Gasteiger partial charge is 0.360 e. The van der Waals surface area contributed by atoms with E-state index in [2.05, 4.69) is 4.84 Å². The summed E-state index contributed by atoms with van der Waals surface area (Å²) in [5.74, 6) is -2.79. The largest absolute Gasteiger partial charge is 0.492 e. The Morgan fingerprint density at radius 1 is 1.35 bits per heavy atom. The molecule has 1 rings (SSSR count). The summed E-state index contributed by atoms with van der Waals surface area (Å²) in [5, 5.41) is 0.845. The molecule has 1 aliphatic heterocycles. The summed E-state index contributed by atoms with van der Waals surface area (Å²) >= 11 is 0. The zero-order valence-electron chi connectivity index (χ0n) is 9.58. The first-order chi connectivity index (χ1) is 7.73. The van der Waals surface area contributed by atoms with E-state index in [9.17, 15) is 22.8 Å². The molecule has 0 saturated carbocycles. The van der Waals surface area contributed by atoms with Gasteiger partial charge in [-0.1, -0.05) is 13.8 Å². The van der Waals surface area contributed by atoms with E-state index in [0.717, 1.165) is 5.06 Å². The first kappa shape index (κ1) is 14.0. The summed E-state index contributed by atoms with van der Waals surface area (Å²) in [5.41, 5.74) is 0. The molecule has 0 radical (unpaired) electrons. The van der Waals surface area contributed by atoms with E-state index >= 15 is 0 Å². The standard InChI is InChI=1S/C10H14F3NO3/c1-6(2)8(15)7-4-3-5-14(7)17-9(16)10(11,12)13/h6-7H,3-5H2,1-2H3/t7-/m0/s1. The Morgan fingerprint density at radius 3 is 2.41 bits per heavy atom. The molecule has 4 nitrogen and oxygen atoms in total. The Bertz CT molecular complexity index is 314. The summed E-state index contributed by atoms with van der Waals surface area (Å²) < 4.78 is 36.0. The molecule has 0 spiro atoms. The molecule has 0 aromatic carbocycles. The number of carbonyl (C=O) groups excluding carboxylic acids is 2. The first-order valence-electron chi connectivity index (χ1n) is 5.33. The summed E-state index contributed by atoms with van der Waals surface area (Å²) in [4.78, 5) is 26.5. The van der Waals surface area contributed by atoms with E-state index in [-0.39, 0.29) is 18.2 Å². The van der Waals surface area contributed by atoms with E-state index in [1.54, 1.807) is 13.8 Å². The predicted molar refractivity (Wildman–Crippen MR) is 51.7 cm³/mol. The summed E-state index contributed by atoms with van der Waals surface area (Å²) in [6.07, 6.45) is -4.08. The molecule has 1 aliphatic rings. The molecule has 98 valence electrons. The lowest BCUT2D eigenvalue weighted by atomic mass is 10.0. The number of halogens is 3. The lowest BCUT2D eigenvalue weighted by Gasteiger charge is -2.23. The highest BCUT2D eigenvalue weighted by Crippen LogP contribution is 2.24. The molecule has 0 N–H and O–H groups in total. The topological polar surface area (TPSA) is 46.6 Å². The van der Waals surface area contributed by atoms with Crippen molar-refractivity contribution in [3.63, 3.8) is 0 Å². The van der Waals surface area contributed by atoms with Crippen molar-refractivity contribution in [2.24, 2.45) is 5.92 Å². The average molecular weight is 253 g/mol. The number of nitrogens with zero attached hydrogens (tertiary/aromatic N) is 1. The number of hydrogen-bond donors (Lipinski definition) is 0. The van der Waals surface area contributed by atoms with Gasteiger partial charge in [-0.05, 0) is 12.8 Å². The molecule has 0 aromatic heterocycles. The van der Waals surface area contributed by atoms with E-state index in [1.807, 2.05) is 0 Å². The van der Waals surface area contributed by atoms with Gasteiger partial charge < -0.3 is 4.84 Å². The van der Waals surface area contributed by atoms with Gasteiger partial charge in [0, 0.05) is 12.5 Å². The number of hydroxylamine groups is 2. The van der Waals surface area contributed by atoms with Gasteiger partial charge in [-0.2, -0.15) is 13.2 Å². The number of hydrogen-bond acceptors (Lipinski definition) is 4. The van der Waals surface area contributed by atoms with Gasteiger partial charge in [0.2, 0.25) is 0 Å². The van der Waals surface area contributed by atoms with Crippen LogP contribution in [0.5, 0.6) is 0 Å². The zero-order chi connectivity index (χ0) is 13.2. The Kier molecular flexibility index (Phi) is 4.13. The van der Waals surface area contributed by atoms with Gasteiger partial charge in [0.25, 0.3) is 0 Å². The zero-order valence-corrected chi connectivity index (χ0v) is 9.58. The number of Topliss-reactive ketones (excluding diaryl/α,β-unsaturated/α-hetero) is 1. The van der Waals surface area contributed by atoms with Crippen LogP contribution < -0.4 is 0 Å². The third-order valence-corrected chi connectivity index (χ3v) is 2.53. The molecule has 1 saturated heterocycles. The van der Waals surface area contributed by atoms with Crippen LogP contribution in [0.2, 0.25) is 0 Å². The van der Waals surface area contributed by atoms with Crippen LogP contribution in [-0.2, 0) is 14.4 Å². The number of carbonyl (C=O) groups is 2. The Balaban J connectivity index is 2.65. The van der Waals surface area contributed by atoms with E-state index < -0.39 is 18.2 Å². The van der Waals surface area contributed by atoms with Crippen molar-refractivity contribution in [2.75, 3.05) is 6.54 Å². The molecule has 0 amide bonds. The van der Waals surface area contributed by atoms with Crippen molar-refractivity contribution in [1.29, 1.82) is 0 Å². The minimum absolute atomic E-state index is 0.158. The number of rotatable bonds is 3. The van der Waals surface area contributed by atoms with Crippen LogP contribution >= 0.6 is 0 Å². The number of ketones is 1. The van der Waals surface area contributed by atoms with Crippen LogP contribution in [0.3, 0.4) is 0 Å². The molecule has 1 fully saturated rings. The molecule has 0 aromatic rings. The predicted octanol–water partition coefficient (Wildman–Crippen LogP) is 1.70. The van der Waals surface area contributed by atoms with Crippen molar-refractivity contribution in [3.05, 3.63) is 0 Å². The SMILES string of the molecule is CC(C)C(=O)[C@@H]1CCCN1OC(=O)C(F)(F)F. The second-order valence-corrected chi connectivity index (χ2v) is 4.23. The van der Waals surface area contributed by atoms with Crippen LogP contribution in [0.4, 0.5) is 13.2 Å². The maximum absolute atomic E-state index is 12.0. The van der Waals surface area contributed by atoms with Gasteiger partial charge in [-0.15, -0.1) is 5.06 Å². The molecule has 7 heteroatoms. The number of alkyl halides is 3. The lowest BCUT2D eigenvalue weighted by Crippen LogP contribution is -2.42. The van der Waals surface area contributed by atoms with E-state index in [1.165, 1.54) is 0 Å². The molecule has 17 heavy (non-hydrogen) atoms. The van der Waals surface area contributed by atoms with Crippen LogP contribution in [0.15, 0.2) is 0 Å². The van der Waals surface area contributed by atoms with Crippen molar-refractivity contribution >= 4 is 11.8 Å². The monoisotopic (exact) mass is 253 g/mol. The Labute approximate surface area is 96.7 Å². The quantitative estimate of drug-likeness (QED) is 0.768. The van der Waals surface area contributed by atoms with Gasteiger partial charge in [0.1, 0.15) is 6.04 Å². The van der Waals surface area contributed by atoms with Gasteiger partial charge in [-0.3, -0.25) is 4.79 Å². The summed E-state index contributed by atoms with van der Waals surface area (Å²) in [6.45, 7) is 3.47. The van der Waals surface area contributed by atoms with Crippen molar-refractivity contribution in [2.45, 2.75) is 38.9 Å². The minimum Gasteiger partial charge on any atom is -0.360 e. The fraction of sp³-hybridized carbons (Fsp3) is 0.800. The second-order valence-electron chi connectivity index (χ2n) is 4.23. The molecule has 0 aliphatic carbocycles. The molecule has 0 unspecified atom stereocenters. The van der Waals surface area contributed by atoms with Crippen LogP contribution in [-0.4, -0.2) is 35.6 Å². The van der Waals surface area contributed by atoms with E-state index in [0.29, 0.717) is 12.8 Å². The van der Waals surface area contributed by atoms with Crippen LogP contribution in [0.25, 0.3) is 0 Å². The summed E-state index contributed by atoms with van der Waals surface area (Å²) in [7, 11) is 0. The molecular weight excluding hydrogens is 239 g/mol. The highest BCUT2D eigenvalue weighted by molar-refractivity contribution is 5.86. The third-order valence-electron chi connectivity index (χ3n) is 2.53. The van der Waals surface area contributed by atoms with E-state index in [4.69, 9.17) is 0 Å². The third kappa shape index (κ3) is 3.42. The van der Waals surface area contributed by atoms with Gasteiger partial charge >= 0.3 is 12.1 Å². The Hall–Kier alpha value is -1.11. The van der Waals surface area contributed by atoms with Gasteiger partial charge in [-0.25, -0.2) is 4.79 Å². The van der Waals surface area contributed by atoms with Gasteiger partial charge in [0.15, 0.2) is 5.78 Å². The molecule has 1 atom stereocenters. The maximum Gasteiger partial charge on any atom is 0.492 e. The fourth-order valence-corrected chi connectivity index (χ4v) is 1.68. The van der Waals surface area contributed by atoms with Crippen LogP contribution in [0, 0.1) is 5.92 Å². The average Bonchev–Trinajstić information content (AvgIpc) is 2.63.